The van der Waals surface area contributed by atoms with Crippen LogP contribution in [0, 0.1) is 0 Å². The summed E-state index contributed by atoms with van der Waals surface area (Å²) in [6.45, 7) is 0. The summed E-state index contributed by atoms with van der Waals surface area (Å²) in [7, 11) is 0. The zero-order valence-corrected chi connectivity index (χ0v) is 8.54. The van der Waals surface area contributed by atoms with Crippen molar-refractivity contribution in [2.24, 2.45) is 0 Å². The first-order valence-electron chi connectivity index (χ1n) is 4.19. The summed E-state index contributed by atoms with van der Waals surface area (Å²) < 4.78 is 0. The van der Waals surface area contributed by atoms with Gasteiger partial charge in [-0.25, -0.2) is 0 Å². The Kier molecular flexibility index (Phi) is 2.30. The summed E-state index contributed by atoms with van der Waals surface area (Å²) in [4.78, 5) is 12.6. The Morgan fingerprint density at radius 3 is 2.92 bits per heavy atom. The van der Waals surface area contributed by atoms with Gasteiger partial charge in [0.1, 0.15) is 0 Å². The molecule has 1 aromatic rings. The number of carbonyl (C=O) groups is 1. The Balaban J connectivity index is 2.33. The van der Waals surface area contributed by atoms with Crippen molar-refractivity contribution < 1.29 is 9.90 Å². The highest BCUT2D eigenvalue weighted by Gasteiger charge is 2.21. The van der Waals surface area contributed by atoms with E-state index in [0.29, 0.717) is 5.02 Å². The second-order valence-electron chi connectivity index (χ2n) is 3.17. The highest BCUT2D eigenvalue weighted by atomic mass is 35.5. The zero-order chi connectivity index (χ0) is 9.42. The van der Waals surface area contributed by atoms with Crippen LogP contribution in [0.4, 0.5) is 0 Å². The van der Waals surface area contributed by atoms with Gasteiger partial charge in [0.05, 0.1) is 11.4 Å². The molecule has 1 aliphatic carbocycles. The van der Waals surface area contributed by atoms with E-state index in [1.807, 2.05) is 0 Å². The first-order chi connectivity index (χ1) is 6.18. The summed E-state index contributed by atoms with van der Waals surface area (Å²) in [5.74, 6) is -0.804. The molecule has 0 saturated carbocycles. The molecule has 0 fully saturated rings. The molecule has 0 spiro atoms. The molecule has 4 heteroatoms. The quantitative estimate of drug-likeness (QED) is 0.825. The molecule has 13 heavy (non-hydrogen) atoms. The zero-order valence-electron chi connectivity index (χ0n) is 6.97. The Hall–Kier alpha value is -0.540. The normalized spacial score (nSPS) is 14.5. The van der Waals surface area contributed by atoms with Gasteiger partial charge in [0.15, 0.2) is 0 Å². The van der Waals surface area contributed by atoms with Crippen molar-refractivity contribution >= 4 is 28.9 Å². The Labute approximate surface area is 85.1 Å². The van der Waals surface area contributed by atoms with Gasteiger partial charge in [-0.05, 0) is 24.8 Å². The Morgan fingerprint density at radius 2 is 2.31 bits per heavy atom. The minimum absolute atomic E-state index is 0.0660. The van der Waals surface area contributed by atoms with E-state index in [2.05, 4.69) is 0 Å². The average molecular weight is 217 g/mol. The number of aliphatic carboxylic acids is 1. The molecule has 2 rings (SSSR count). The lowest BCUT2D eigenvalue weighted by Crippen LogP contribution is -1.98. The van der Waals surface area contributed by atoms with E-state index in [1.54, 1.807) is 11.3 Å². The largest absolute Gasteiger partial charge is 0.481 e. The summed E-state index contributed by atoms with van der Waals surface area (Å²) >= 11 is 7.63. The monoisotopic (exact) mass is 216 g/mol. The maximum atomic E-state index is 10.5. The van der Waals surface area contributed by atoms with Crippen molar-refractivity contribution in [1.29, 1.82) is 0 Å². The molecule has 1 aliphatic rings. The Morgan fingerprint density at radius 1 is 1.54 bits per heavy atom. The third kappa shape index (κ3) is 1.58. The summed E-state index contributed by atoms with van der Waals surface area (Å²) in [6, 6.07) is 0. The standard InChI is InChI=1S/C9H9ClO2S/c10-9-5-2-1-3-6(5)13-7(9)4-8(11)12/h1-4H2,(H,11,12). The lowest BCUT2D eigenvalue weighted by atomic mass is 10.2. The lowest BCUT2D eigenvalue weighted by molar-refractivity contribution is -0.136. The minimum atomic E-state index is -0.804. The lowest BCUT2D eigenvalue weighted by Gasteiger charge is -1.94. The van der Waals surface area contributed by atoms with E-state index in [4.69, 9.17) is 16.7 Å². The van der Waals surface area contributed by atoms with Crippen molar-refractivity contribution in [3.05, 3.63) is 20.3 Å². The number of carboxylic acid groups (broad SMARTS) is 1. The number of aryl methyl sites for hydroxylation is 1. The molecule has 0 bridgehead atoms. The van der Waals surface area contributed by atoms with Crippen molar-refractivity contribution in [3.8, 4) is 0 Å². The van der Waals surface area contributed by atoms with Crippen molar-refractivity contribution in [1.82, 2.24) is 0 Å². The van der Waals surface area contributed by atoms with E-state index >= 15 is 0 Å². The van der Waals surface area contributed by atoms with E-state index in [0.717, 1.165) is 24.1 Å². The van der Waals surface area contributed by atoms with Crippen LogP contribution in [0.1, 0.15) is 21.7 Å². The number of hydrogen-bond acceptors (Lipinski definition) is 2. The van der Waals surface area contributed by atoms with Gasteiger partial charge in [-0.1, -0.05) is 11.6 Å². The number of hydrogen-bond donors (Lipinski definition) is 1. The number of rotatable bonds is 2. The van der Waals surface area contributed by atoms with Gasteiger partial charge in [0.25, 0.3) is 0 Å². The molecular weight excluding hydrogens is 208 g/mol. The van der Waals surface area contributed by atoms with Gasteiger partial charge in [-0.3, -0.25) is 4.79 Å². The van der Waals surface area contributed by atoms with Crippen molar-refractivity contribution in [2.75, 3.05) is 0 Å². The van der Waals surface area contributed by atoms with E-state index < -0.39 is 5.97 Å². The van der Waals surface area contributed by atoms with Crippen LogP contribution < -0.4 is 0 Å². The van der Waals surface area contributed by atoms with Gasteiger partial charge in [-0.15, -0.1) is 11.3 Å². The van der Waals surface area contributed by atoms with Gasteiger partial charge < -0.3 is 5.11 Å². The predicted molar refractivity (Wildman–Crippen MR) is 52.7 cm³/mol. The van der Waals surface area contributed by atoms with E-state index in [1.165, 1.54) is 10.4 Å². The molecule has 0 aliphatic heterocycles. The maximum Gasteiger partial charge on any atom is 0.308 e. The van der Waals surface area contributed by atoms with Crippen LogP contribution in [0.3, 0.4) is 0 Å². The maximum absolute atomic E-state index is 10.5. The molecule has 0 saturated heterocycles. The first-order valence-corrected chi connectivity index (χ1v) is 5.38. The molecule has 0 radical (unpaired) electrons. The molecule has 2 nitrogen and oxygen atoms in total. The van der Waals surface area contributed by atoms with Gasteiger partial charge in [0.2, 0.25) is 0 Å². The fourth-order valence-electron chi connectivity index (χ4n) is 1.67. The van der Waals surface area contributed by atoms with Crippen LogP contribution in [-0.4, -0.2) is 11.1 Å². The van der Waals surface area contributed by atoms with E-state index in [-0.39, 0.29) is 6.42 Å². The molecule has 0 atom stereocenters. The number of carboxylic acids is 1. The topological polar surface area (TPSA) is 37.3 Å². The number of thiophene rings is 1. The van der Waals surface area contributed by atoms with Gasteiger partial charge in [-0.2, -0.15) is 0 Å². The molecule has 0 amide bonds. The second kappa shape index (κ2) is 3.31. The van der Waals surface area contributed by atoms with Crippen LogP contribution in [0.25, 0.3) is 0 Å². The molecular formula is C9H9ClO2S. The van der Waals surface area contributed by atoms with Crippen LogP contribution >= 0.6 is 22.9 Å². The fourth-order valence-corrected chi connectivity index (χ4v) is 3.40. The first kappa shape index (κ1) is 9.03. The molecule has 1 N–H and O–H groups in total. The SMILES string of the molecule is O=C(O)Cc1sc2c(c1Cl)CCC2. The highest BCUT2D eigenvalue weighted by molar-refractivity contribution is 7.13. The molecule has 70 valence electrons. The molecule has 1 heterocycles. The summed E-state index contributed by atoms with van der Waals surface area (Å²) in [5, 5.41) is 9.34. The fraction of sp³-hybridized carbons (Fsp3) is 0.444. The highest BCUT2D eigenvalue weighted by Crippen LogP contribution is 2.38. The predicted octanol–water partition coefficient (Wildman–Crippen LogP) is 2.52. The molecule has 0 aromatic carbocycles. The minimum Gasteiger partial charge on any atom is -0.481 e. The smallest absolute Gasteiger partial charge is 0.308 e. The van der Waals surface area contributed by atoms with Crippen LogP contribution in [0.2, 0.25) is 5.02 Å². The van der Waals surface area contributed by atoms with Crippen LogP contribution in [0.5, 0.6) is 0 Å². The van der Waals surface area contributed by atoms with Crippen LogP contribution in [-0.2, 0) is 24.1 Å². The summed E-state index contributed by atoms with van der Waals surface area (Å²) in [5.41, 5.74) is 1.20. The Bertz CT molecular complexity index is 357. The number of fused-ring (bicyclic) bond motifs is 1. The van der Waals surface area contributed by atoms with Gasteiger partial charge in [0, 0.05) is 9.75 Å². The number of halogens is 1. The third-order valence-corrected chi connectivity index (χ3v) is 4.10. The molecule has 0 unspecified atom stereocenters. The second-order valence-corrected chi connectivity index (χ2v) is 4.73. The molecule has 1 aromatic heterocycles. The van der Waals surface area contributed by atoms with Crippen LogP contribution in [0.15, 0.2) is 0 Å². The summed E-state index contributed by atoms with van der Waals surface area (Å²) in [6.07, 6.45) is 3.31. The van der Waals surface area contributed by atoms with Gasteiger partial charge >= 0.3 is 5.97 Å². The third-order valence-electron chi connectivity index (χ3n) is 2.24. The average Bonchev–Trinajstić information content (AvgIpc) is 2.56. The van der Waals surface area contributed by atoms with E-state index in [9.17, 15) is 4.79 Å². The van der Waals surface area contributed by atoms with Crippen molar-refractivity contribution in [2.45, 2.75) is 25.7 Å². The van der Waals surface area contributed by atoms with Crippen molar-refractivity contribution in [3.63, 3.8) is 0 Å².